The first-order valence-corrected chi connectivity index (χ1v) is 6.54. The van der Waals surface area contributed by atoms with Gasteiger partial charge in [0.05, 0.1) is 12.7 Å². The first-order valence-electron chi connectivity index (χ1n) is 6.54. The molecule has 1 heterocycles. The standard InChI is InChI=1S/C15H17N3O/c16-15-17-8-13(9-18-15)12-6-14(7-12)19-10-11-4-2-1-3-5-11/h1-5,8-9,12,14H,6-7,10H2,(H2,16,17,18). The minimum absolute atomic E-state index is 0.333. The first-order chi connectivity index (χ1) is 9.31. The van der Waals surface area contributed by atoms with E-state index in [2.05, 4.69) is 22.1 Å². The van der Waals surface area contributed by atoms with E-state index in [4.69, 9.17) is 10.5 Å². The summed E-state index contributed by atoms with van der Waals surface area (Å²) in [4.78, 5) is 8.05. The topological polar surface area (TPSA) is 61.0 Å². The van der Waals surface area contributed by atoms with Crippen molar-refractivity contribution >= 4 is 5.95 Å². The zero-order valence-electron chi connectivity index (χ0n) is 10.7. The molecule has 2 N–H and O–H groups in total. The van der Waals surface area contributed by atoms with Gasteiger partial charge in [0.1, 0.15) is 0 Å². The molecule has 1 aliphatic carbocycles. The van der Waals surface area contributed by atoms with E-state index in [1.54, 1.807) is 0 Å². The van der Waals surface area contributed by atoms with E-state index < -0.39 is 0 Å². The van der Waals surface area contributed by atoms with E-state index in [9.17, 15) is 0 Å². The van der Waals surface area contributed by atoms with Crippen molar-refractivity contribution in [3.8, 4) is 0 Å². The number of hydrogen-bond donors (Lipinski definition) is 1. The molecule has 98 valence electrons. The van der Waals surface area contributed by atoms with Crippen LogP contribution in [0.4, 0.5) is 5.95 Å². The molecule has 0 unspecified atom stereocenters. The van der Waals surface area contributed by atoms with Crippen LogP contribution in [0.1, 0.15) is 29.9 Å². The lowest BCUT2D eigenvalue weighted by atomic mass is 9.78. The van der Waals surface area contributed by atoms with Crippen molar-refractivity contribution in [1.82, 2.24) is 9.97 Å². The van der Waals surface area contributed by atoms with Crippen molar-refractivity contribution in [3.63, 3.8) is 0 Å². The summed E-state index contributed by atoms with van der Waals surface area (Å²) in [6.07, 6.45) is 6.07. The number of anilines is 1. The SMILES string of the molecule is Nc1ncc(C2CC(OCc3ccccc3)C2)cn1. The zero-order chi connectivity index (χ0) is 13.1. The summed E-state index contributed by atoms with van der Waals surface area (Å²) in [5.74, 6) is 0.848. The first kappa shape index (κ1) is 12.1. The summed E-state index contributed by atoms with van der Waals surface area (Å²) in [5, 5.41) is 0. The Hall–Kier alpha value is -1.94. The molecule has 0 amide bonds. The minimum atomic E-state index is 0.333. The fraction of sp³-hybridized carbons (Fsp3) is 0.333. The van der Waals surface area contributed by atoms with Gasteiger partial charge in [-0.1, -0.05) is 30.3 Å². The monoisotopic (exact) mass is 255 g/mol. The molecule has 1 aliphatic rings. The molecule has 2 aromatic rings. The van der Waals surface area contributed by atoms with E-state index >= 15 is 0 Å². The highest BCUT2D eigenvalue weighted by molar-refractivity contribution is 5.22. The second-order valence-electron chi connectivity index (χ2n) is 4.96. The third-order valence-corrected chi connectivity index (χ3v) is 3.59. The predicted molar refractivity (Wildman–Crippen MR) is 73.4 cm³/mol. The summed E-state index contributed by atoms with van der Waals surface area (Å²) >= 11 is 0. The molecule has 3 rings (SSSR count). The van der Waals surface area contributed by atoms with E-state index in [-0.39, 0.29) is 0 Å². The Morgan fingerprint density at radius 2 is 1.79 bits per heavy atom. The van der Waals surface area contributed by atoms with Crippen LogP contribution in [-0.2, 0) is 11.3 Å². The molecule has 0 aliphatic heterocycles. The van der Waals surface area contributed by atoms with Crippen molar-refractivity contribution in [1.29, 1.82) is 0 Å². The predicted octanol–water partition coefficient (Wildman–Crippen LogP) is 2.52. The number of hydrogen-bond acceptors (Lipinski definition) is 4. The van der Waals surface area contributed by atoms with Gasteiger partial charge >= 0.3 is 0 Å². The molecule has 4 nitrogen and oxygen atoms in total. The molecule has 1 fully saturated rings. The highest BCUT2D eigenvalue weighted by Crippen LogP contribution is 2.38. The van der Waals surface area contributed by atoms with Crippen molar-refractivity contribution in [2.75, 3.05) is 5.73 Å². The quantitative estimate of drug-likeness (QED) is 0.912. The average molecular weight is 255 g/mol. The van der Waals surface area contributed by atoms with Gasteiger partial charge in [0.2, 0.25) is 5.95 Å². The van der Waals surface area contributed by atoms with Crippen LogP contribution in [-0.4, -0.2) is 16.1 Å². The second kappa shape index (κ2) is 5.36. The summed E-state index contributed by atoms with van der Waals surface area (Å²) in [5.41, 5.74) is 7.86. The van der Waals surface area contributed by atoms with Crippen LogP contribution in [0.15, 0.2) is 42.7 Å². The summed E-state index contributed by atoms with van der Waals surface area (Å²) in [7, 11) is 0. The number of nitrogen functional groups attached to an aromatic ring is 1. The lowest BCUT2D eigenvalue weighted by molar-refractivity contribution is -0.0208. The van der Waals surface area contributed by atoms with E-state index in [1.807, 2.05) is 30.6 Å². The molecule has 4 heteroatoms. The van der Waals surface area contributed by atoms with Crippen LogP contribution in [0.25, 0.3) is 0 Å². The number of nitrogens with zero attached hydrogens (tertiary/aromatic N) is 2. The summed E-state index contributed by atoms with van der Waals surface area (Å²) in [6.45, 7) is 0.691. The van der Waals surface area contributed by atoms with Gasteiger partial charge in [-0.3, -0.25) is 0 Å². The Morgan fingerprint density at radius 3 is 2.47 bits per heavy atom. The van der Waals surface area contributed by atoms with Gasteiger partial charge < -0.3 is 10.5 Å². The average Bonchev–Trinajstić information content (AvgIpc) is 2.40. The molecule has 0 atom stereocenters. The summed E-state index contributed by atoms with van der Waals surface area (Å²) in [6, 6.07) is 10.3. The van der Waals surface area contributed by atoms with Gasteiger partial charge in [0.15, 0.2) is 0 Å². The molecule has 0 saturated heterocycles. The smallest absolute Gasteiger partial charge is 0.219 e. The number of benzene rings is 1. The second-order valence-corrected chi connectivity index (χ2v) is 4.96. The molecular weight excluding hydrogens is 238 g/mol. The Bertz CT molecular complexity index is 521. The lowest BCUT2D eigenvalue weighted by Crippen LogP contribution is -2.29. The van der Waals surface area contributed by atoms with Crippen LogP contribution >= 0.6 is 0 Å². The maximum atomic E-state index is 5.87. The Balaban J connectivity index is 1.47. The van der Waals surface area contributed by atoms with Gasteiger partial charge in [-0.15, -0.1) is 0 Å². The van der Waals surface area contributed by atoms with E-state index in [0.29, 0.717) is 24.6 Å². The molecule has 0 spiro atoms. The van der Waals surface area contributed by atoms with Gasteiger partial charge in [-0.05, 0) is 29.9 Å². The molecular formula is C15H17N3O. The third kappa shape index (κ3) is 2.90. The Kier molecular flexibility index (Phi) is 3.42. The number of rotatable bonds is 4. The minimum Gasteiger partial charge on any atom is -0.373 e. The van der Waals surface area contributed by atoms with Crippen molar-refractivity contribution < 1.29 is 4.74 Å². The van der Waals surface area contributed by atoms with Crippen LogP contribution < -0.4 is 5.73 Å². The van der Waals surface area contributed by atoms with Gasteiger partial charge in [-0.2, -0.15) is 0 Å². The van der Waals surface area contributed by atoms with Gasteiger partial charge in [0.25, 0.3) is 0 Å². The van der Waals surface area contributed by atoms with Crippen molar-refractivity contribution in [3.05, 3.63) is 53.9 Å². The molecule has 19 heavy (non-hydrogen) atoms. The highest BCUT2D eigenvalue weighted by Gasteiger charge is 2.31. The highest BCUT2D eigenvalue weighted by atomic mass is 16.5. The molecule has 1 saturated carbocycles. The van der Waals surface area contributed by atoms with Crippen molar-refractivity contribution in [2.45, 2.75) is 31.5 Å². The van der Waals surface area contributed by atoms with Crippen LogP contribution in [0.5, 0.6) is 0 Å². The van der Waals surface area contributed by atoms with Gasteiger partial charge in [0, 0.05) is 12.4 Å². The van der Waals surface area contributed by atoms with Crippen LogP contribution in [0, 0.1) is 0 Å². The maximum absolute atomic E-state index is 5.87. The molecule has 1 aromatic carbocycles. The summed E-state index contributed by atoms with van der Waals surface area (Å²) < 4.78 is 5.87. The van der Waals surface area contributed by atoms with Gasteiger partial charge in [-0.25, -0.2) is 9.97 Å². The fourth-order valence-electron chi connectivity index (χ4n) is 2.32. The van der Waals surface area contributed by atoms with E-state index in [0.717, 1.165) is 18.4 Å². The number of aromatic nitrogens is 2. The largest absolute Gasteiger partial charge is 0.373 e. The number of nitrogens with two attached hydrogens (primary N) is 1. The Labute approximate surface area is 112 Å². The van der Waals surface area contributed by atoms with Crippen LogP contribution in [0.3, 0.4) is 0 Å². The maximum Gasteiger partial charge on any atom is 0.219 e. The zero-order valence-corrected chi connectivity index (χ0v) is 10.7. The van der Waals surface area contributed by atoms with E-state index in [1.165, 1.54) is 5.56 Å². The molecule has 0 radical (unpaired) electrons. The fourth-order valence-corrected chi connectivity index (χ4v) is 2.32. The number of ether oxygens (including phenoxy) is 1. The lowest BCUT2D eigenvalue weighted by Gasteiger charge is -2.35. The third-order valence-electron chi connectivity index (χ3n) is 3.59. The molecule has 1 aromatic heterocycles. The van der Waals surface area contributed by atoms with Crippen LogP contribution in [0.2, 0.25) is 0 Å². The van der Waals surface area contributed by atoms with Crippen molar-refractivity contribution in [2.24, 2.45) is 0 Å². The normalized spacial score (nSPS) is 21.9. The Morgan fingerprint density at radius 1 is 1.11 bits per heavy atom. The molecule has 0 bridgehead atoms.